The average Bonchev–Trinajstić information content (AvgIpc) is 2.37. The van der Waals surface area contributed by atoms with Crippen molar-refractivity contribution in [2.24, 2.45) is 10.2 Å². The quantitative estimate of drug-likeness (QED) is 0.669. The number of nitrogens with zero attached hydrogens (tertiary/aromatic N) is 2. The summed E-state index contributed by atoms with van der Waals surface area (Å²) in [6, 6.07) is 10.0. The molecule has 0 unspecified atom stereocenters. The second-order valence-electron chi connectivity index (χ2n) is 4.14. The predicted molar refractivity (Wildman–Crippen MR) is 73.3 cm³/mol. The van der Waals surface area contributed by atoms with Crippen molar-refractivity contribution in [2.45, 2.75) is 11.8 Å². The lowest BCUT2D eigenvalue weighted by atomic mass is 10.2. The molecule has 2 rings (SSSR count). The smallest absolute Gasteiger partial charge is 0.294 e. The van der Waals surface area contributed by atoms with Gasteiger partial charge in [0.2, 0.25) is 0 Å². The third-order valence-electron chi connectivity index (χ3n) is 2.59. The zero-order valence-corrected chi connectivity index (χ0v) is 11.4. The molecular formula is C13H12N2O4S. The van der Waals surface area contributed by atoms with Crippen LogP contribution in [-0.2, 0) is 10.1 Å². The molecule has 0 spiro atoms. The third kappa shape index (κ3) is 3.40. The second-order valence-corrected chi connectivity index (χ2v) is 5.56. The van der Waals surface area contributed by atoms with Crippen LogP contribution in [0.4, 0.5) is 11.4 Å². The molecule has 0 saturated carbocycles. The van der Waals surface area contributed by atoms with Gasteiger partial charge in [0, 0.05) is 0 Å². The molecule has 0 bridgehead atoms. The van der Waals surface area contributed by atoms with E-state index < -0.39 is 10.1 Å². The van der Waals surface area contributed by atoms with Crippen LogP contribution in [0.2, 0.25) is 0 Å². The summed E-state index contributed by atoms with van der Waals surface area (Å²) in [4.78, 5) is -0.197. The maximum Gasteiger partial charge on any atom is 0.294 e. The summed E-state index contributed by atoms with van der Waals surface area (Å²) in [6.45, 7) is 1.79. The summed E-state index contributed by atoms with van der Waals surface area (Å²) in [5, 5.41) is 17.2. The number of aromatic hydroxyl groups is 1. The fourth-order valence-electron chi connectivity index (χ4n) is 1.55. The Morgan fingerprint density at radius 3 is 2.20 bits per heavy atom. The summed E-state index contributed by atoms with van der Waals surface area (Å²) >= 11 is 0. The van der Waals surface area contributed by atoms with Crippen LogP contribution in [0.15, 0.2) is 57.6 Å². The van der Waals surface area contributed by atoms with Gasteiger partial charge in [0.1, 0.15) is 5.75 Å². The summed E-state index contributed by atoms with van der Waals surface area (Å²) in [5.41, 5.74) is 1.81. The standard InChI is InChI=1S/C13H12N2O4S/c1-9-8-11(16)4-7-13(9)15-14-10-2-5-12(6-3-10)20(17,18)19/h2-8,16H,1H3,(H,17,18,19). The van der Waals surface area contributed by atoms with Crippen molar-refractivity contribution >= 4 is 21.5 Å². The van der Waals surface area contributed by atoms with Crippen molar-refractivity contribution in [3.8, 4) is 5.75 Å². The van der Waals surface area contributed by atoms with Gasteiger partial charge < -0.3 is 5.11 Å². The Morgan fingerprint density at radius 2 is 1.65 bits per heavy atom. The van der Waals surface area contributed by atoms with E-state index in [9.17, 15) is 13.5 Å². The number of hydrogen-bond donors (Lipinski definition) is 2. The molecule has 0 heterocycles. The van der Waals surface area contributed by atoms with Gasteiger partial charge in [-0.25, -0.2) is 0 Å². The molecule has 2 aromatic carbocycles. The highest BCUT2D eigenvalue weighted by Crippen LogP contribution is 2.25. The third-order valence-corrected chi connectivity index (χ3v) is 3.46. The number of benzene rings is 2. The molecule has 7 heteroatoms. The van der Waals surface area contributed by atoms with E-state index in [0.29, 0.717) is 11.4 Å². The normalized spacial score (nSPS) is 11.9. The van der Waals surface area contributed by atoms with Crippen LogP contribution < -0.4 is 0 Å². The summed E-state index contributed by atoms with van der Waals surface area (Å²) in [5.74, 6) is 0.152. The van der Waals surface area contributed by atoms with Crippen LogP contribution in [-0.4, -0.2) is 18.1 Å². The van der Waals surface area contributed by atoms with Gasteiger partial charge >= 0.3 is 0 Å². The molecule has 0 radical (unpaired) electrons. The summed E-state index contributed by atoms with van der Waals surface area (Å²) < 4.78 is 30.6. The van der Waals surface area contributed by atoms with Gasteiger partial charge in [-0.05, 0) is 55.0 Å². The number of azo groups is 1. The van der Waals surface area contributed by atoms with Gasteiger partial charge in [0.05, 0.1) is 16.3 Å². The topological polar surface area (TPSA) is 99.3 Å². The number of phenols is 1. The molecule has 104 valence electrons. The molecule has 0 aliphatic heterocycles. The predicted octanol–water partition coefficient (Wildman–Crippen LogP) is 3.36. The molecule has 0 atom stereocenters. The Bertz CT molecular complexity index is 752. The first kappa shape index (κ1) is 14.2. The lowest BCUT2D eigenvalue weighted by molar-refractivity contribution is 0.475. The van der Waals surface area contributed by atoms with Gasteiger partial charge in [-0.1, -0.05) is 0 Å². The number of hydrogen-bond acceptors (Lipinski definition) is 5. The molecule has 6 nitrogen and oxygen atoms in total. The van der Waals surface area contributed by atoms with E-state index in [1.807, 2.05) is 0 Å². The Kier molecular flexibility index (Phi) is 3.82. The number of rotatable bonds is 3. The zero-order chi connectivity index (χ0) is 14.8. The van der Waals surface area contributed by atoms with Crippen LogP contribution in [0.25, 0.3) is 0 Å². The van der Waals surface area contributed by atoms with E-state index in [4.69, 9.17) is 4.55 Å². The highest BCUT2D eigenvalue weighted by atomic mass is 32.2. The fourth-order valence-corrected chi connectivity index (χ4v) is 2.03. The van der Waals surface area contributed by atoms with E-state index in [2.05, 4.69) is 10.2 Å². The van der Waals surface area contributed by atoms with E-state index in [1.165, 1.54) is 30.3 Å². The first-order chi connectivity index (χ1) is 9.36. The van der Waals surface area contributed by atoms with E-state index in [1.54, 1.807) is 19.1 Å². The van der Waals surface area contributed by atoms with Crippen molar-refractivity contribution < 1.29 is 18.1 Å². The lowest BCUT2D eigenvalue weighted by Gasteiger charge is -2.00. The molecule has 20 heavy (non-hydrogen) atoms. The Morgan fingerprint density at radius 1 is 1.00 bits per heavy atom. The molecule has 0 amide bonds. The largest absolute Gasteiger partial charge is 0.508 e. The monoisotopic (exact) mass is 292 g/mol. The first-order valence-electron chi connectivity index (χ1n) is 5.65. The average molecular weight is 292 g/mol. The highest BCUT2D eigenvalue weighted by Gasteiger charge is 2.08. The van der Waals surface area contributed by atoms with Crippen LogP contribution >= 0.6 is 0 Å². The molecular weight excluding hydrogens is 280 g/mol. The molecule has 2 N–H and O–H groups in total. The SMILES string of the molecule is Cc1cc(O)ccc1N=Nc1ccc(S(=O)(=O)O)cc1. The van der Waals surface area contributed by atoms with Crippen molar-refractivity contribution in [2.75, 3.05) is 0 Å². The Hall–Kier alpha value is -2.25. The van der Waals surface area contributed by atoms with Crippen molar-refractivity contribution in [1.82, 2.24) is 0 Å². The van der Waals surface area contributed by atoms with Crippen molar-refractivity contribution in [3.63, 3.8) is 0 Å². The minimum absolute atomic E-state index is 0.152. The molecule has 0 saturated heterocycles. The van der Waals surface area contributed by atoms with Gasteiger partial charge in [0.25, 0.3) is 10.1 Å². The first-order valence-corrected chi connectivity index (χ1v) is 7.09. The summed E-state index contributed by atoms with van der Waals surface area (Å²) in [7, 11) is -4.20. The van der Waals surface area contributed by atoms with Crippen LogP contribution in [0, 0.1) is 6.92 Å². The van der Waals surface area contributed by atoms with Gasteiger partial charge in [-0.3, -0.25) is 4.55 Å². The van der Waals surface area contributed by atoms with Crippen LogP contribution in [0.5, 0.6) is 5.75 Å². The van der Waals surface area contributed by atoms with E-state index in [-0.39, 0.29) is 10.6 Å². The minimum atomic E-state index is -4.20. The minimum Gasteiger partial charge on any atom is -0.508 e. The van der Waals surface area contributed by atoms with Gasteiger partial charge in [-0.15, -0.1) is 0 Å². The molecule has 0 aliphatic carbocycles. The molecule has 2 aromatic rings. The summed E-state index contributed by atoms with van der Waals surface area (Å²) in [6.07, 6.45) is 0. The maximum atomic E-state index is 10.9. The van der Waals surface area contributed by atoms with Crippen LogP contribution in [0.3, 0.4) is 0 Å². The lowest BCUT2D eigenvalue weighted by Crippen LogP contribution is -1.96. The fraction of sp³-hybridized carbons (Fsp3) is 0.0769. The highest BCUT2D eigenvalue weighted by molar-refractivity contribution is 7.85. The van der Waals surface area contributed by atoms with Gasteiger partial charge in [0.15, 0.2) is 0 Å². The molecule has 0 fully saturated rings. The van der Waals surface area contributed by atoms with Gasteiger partial charge in [-0.2, -0.15) is 18.6 Å². The van der Waals surface area contributed by atoms with Crippen LogP contribution in [0.1, 0.15) is 5.56 Å². The molecule has 0 aromatic heterocycles. The number of aryl methyl sites for hydroxylation is 1. The van der Waals surface area contributed by atoms with E-state index >= 15 is 0 Å². The maximum absolute atomic E-state index is 10.9. The molecule has 0 aliphatic rings. The van der Waals surface area contributed by atoms with Crippen molar-refractivity contribution in [3.05, 3.63) is 48.0 Å². The number of phenolic OH excluding ortho intramolecular Hbond substituents is 1. The Labute approximate surface area is 116 Å². The second kappa shape index (κ2) is 5.40. The Balaban J connectivity index is 2.24. The zero-order valence-electron chi connectivity index (χ0n) is 10.6. The van der Waals surface area contributed by atoms with Crippen molar-refractivity contribution in [1.29, 1.82) is 0 Å². The van der Waals surface area contributed by atoms with E-state index in [0.717, 1.165) is 5.56 Å².